The average Bonchev–Trinajstić information content (AvgIpc) is 3.24. The van der Waals surface area contributed by atoms with E-state index in [9.17, 15) is 22.8 Å². The molecule has 0 aliphatic carbocycles. The lowest BCUT2D eigenvalue weighted by Crippen LogP contribution is -2.30. The van der Waals surface area contributed by atoms with Crippen LogP contribution in [0.25, 0.3) is 10.6 Å². The molecule has 3 aromatic rings. The number of ether oxygens (including phenoxy) is 2. The van der Waals surface area contributed by atoms with E-state index in [2.05, 4.69) is 10.3 Å². The normalized spacial score (nSPS) is 11.1. The van der Waals surface area contributed by atoms with Crippen molar-refractivity contribution in [2.45, 2.75) is 12.8 Å². The molecule has 0 spiro atoms. The molecule has 0 unspecified atom stereocenters. The average molecular weight is 450 g/mol. The van der Waals surface area contributed by atoms with E-state index in [0.29, 0.717) is 11.4 Å². The summed E-state index contributed by atoms with van der Waals surface area (Å²) in [6.45, 7) is -0.498. The van der Waals surface area contributed by atoms with Crippen LogP contribution in [0.5, 0.6) is 5.75 Å². The van der Waals surface area contributed by atoms with E-state index in [0.717, 1.165) is 34.8 Å². The molecule has 0 aliphatic rings. The van der Waals surface area contributed by atoms with Gasteiger partial charge in [-0.3, -0.25) is 9.59 Å². The van der Waals surface area contributed by atoms with Crippen LogP contribution in [0.15, 0.2) is 53.9 Å². The van der Waals surface area contributed by atoms with Gasteiger partial charge in [0.25, 0.3) is 5.91 Å². The first-order valence-electron chi connectivity index (χ1n) is 8.96. The zero-order chi connectivity index (χ0) is 22.4. The number of nitrogens with zero attached hydrogens (tertiary/aromatic N) is 1. The maximum Gasteiger partial charge on any atom is 0.416 e. The number of aromatic nitrogens is 1. The quantitative estimate of drug-likeness (QED) is 0.543. The van der Waals surface area contributed by atoms with Crippen LogP contribution in [-0.4, -0.2) is 30.5 Å². The number of halogens is 3. The minimum Gasteiger partial charge on any atom is -0.497 e. The molecule has 1 amide bonds. The van der Waals surface area contributed by atoms with Crippen molar-refractivity contribution in [1.29, 1.82) is 0 Å². The number of esters is 1. The molecule has 31 heavy (non-hydrogen) atoms. The fourth-order valence-electron chi connectivity index (χ4n) is 2.53. The summed E-state index contributed by atoms with van der Waals surface area (Å²) >= 11 is 1.38. The zero-order valence-corrected chi connectivity index (χ0v) is 17.0. The molecule has 162 valence electrons. The first-order valence-corrected chi connectivity index (χ1v) is 9.84. The predicted molar refractivity (Wildman–Crippen MR) is 108 cm³/mol. The molecule has 1 aromatic heterocycles. The third kappa shape index (κ3) is 6.05. The fourth-order valence-corrected chi connectivity index (χ4v) is 3.33. The van der Waals surface area contributed by atoms with Crippen molar-refractivity contribution in [3.8, 4) is 16.3 Å². The van der Waals surface area contributed by atoms with E-state index in [4.69, 9.17) is 9.47 Å². The van der Waals surface area contributed by atoms with E-state index in [-0.39, 0.29) is 12.2 Å². The van der Waals surface area contributed by atoms with Crippen molar-refractivity contribution in [2.24, 2.45) is 0 Å². The smallest absolute Gasteiger partial charge is 0.416 e. The van der Waals surface area contributed by atoms with Crippen LogP contribution in [-0.2, 0) is 22.3 Å². The second-order valence-corrected chi connectivity index (χ2v) is 7.15. The molecule has 1 N–H and O–H groups in total. The molecule has 6 nitrogen and oxygen atoms in total. The molecule has 2 aromatic carbocycles. The van der Waals surface area contributed by atoms with Gasteiger partial charge in [-0.1, -0.05) is 12.1 Å². The number of hydrogen-bond acceptors (Lipinski definition) is 6. The van der Waals surface area contributed by atoms with Crippen LogP contribution in [0.4, 0.5) is 13.2 Å². The minimum absolute atomic E-state index is 0.00299. The maximum absolute atomic E-state index is 12.6. The van der Waals surface area contributed by atoms with Crippen molar-refractivity contribution >= 4 is 23.2 Å². The molecule has 0 radical (unpaired) electrons. The van der Waals surface area contributed by atoms with Crippen molar-refractivity contribution in [3.05, 3.63) is 70.7 Å². The van der Waals surface area contributed by atoms with Crippen LogP contribution in [0.2, 0.25) is 0 Å². The molecule has 3 rings (SSSR count). The van der Waals surface area contributed by atoms with Gasteiger partial charge in [0.2, 0.25) is 0 Å². The first-order chi connectivity index (χ1) is 14.8. The molecule has 0 bridgehead atoms. The molecule has 0 saturated carbocycles. The molecule has 10 heteroatoms. The first kappa shape index (κ1) is 22.3. The van der Waals surface area contributed by atoms with E-state index in [1.54, 1.807) is 12.5 Å². The van der Waals surface area contributed by atoms with Gasteiger partial charge < -0.3 is 14.8 Å². The van der Waals surface area contributed by atoms with Gasteiger partial charge in [0.05, 0.1) is 18.4 Å². The van der Waals surface area contributed by atoms with Crippen LogP contribution in [0.3, 0.4) is 0 Å². The Morgan fingerprint density at radius 3 is 2.55 bits per heavy atom. The number of amides is 1. The number of rotatable bonds is 7. The molecular weight excluding hydrogens is 433 g/mol. The van der Waals surface area contributed by atoms with Crippen LogP contribution in [0, 0.1) is 0 Å². The van der Waals surface area contributed by atoms with E-state index < -0.39 is 30.2 Å². The Morgan fingerprint density at radius 1 is 1.13 bits per heavy atom. The standard InChI is InChI=1S/C21H17F3N2O4S/c1-29-17-4-2-3-14(9-17)20-26-16(12-31-20)11-30-18(27)10-25-19(28)13-5-7-15(8-6-13)21(22,23)24/h2-9,12H,10-11H2,1H3,(H,25,28). The van der Waals surface area contributed by atoms with Crippen LogP contribution in [0.1, 0.15) is 21.6 Å². The van der Waals surface area contributed by atoms with Gasteiger partial charge in [-0.15, -0.1) is 11.3 Å². The number of nitrogens with one attached hydrogen (secondary N) is 1. The second-order valence-electron chi connectivity index (χ2n) is 6.29. The Morgan fingerprint density at radius 2 is 1.87 bits per heavy atom. The largest absolute Gasteiger partial charge is 0.497 e. The Hall–Kier alpha value is -3.40. The molecule has 0 aliphatic heterocycles. The Labute approximate surface area is 179 Å². The number of hydrogen-bond donors (Lipinski definition) is 1. The van der Waals surface area contributed by atoms with Gasteiger partial charge in [0, 0.05) is 16.5 Å². The van der Waals surface area contributed by atoms with Gasteiger partial charge in [0.15, 0.2) is 0 Å². The van der Waals surface area contributed by atoms with E-state index in [1.807, 2.05) is 24.3 Å². The summed E-state index contributed by atoms with van der Waals surface area (Å²) in [5, 5.41) is 4.80. The van der Waals surface area contributed by atoms with Gasteiger partial charge in [-0.05, 0) is 36.4 Å². The Balaban J connectivity index is 1.48. The number of carbonyl (C=O) groups is 2. The highest BCUT2D eigenvalue weighted by Gasteiger charge is 2.30. The van der Waals surface area contributed by atoms with Crippen molar-refractivity contribution < 1.29 is 32.2 Å². The van der Waals surface area contributed by atoms with E-state index in [1.165, 1.54) is 11.3 Å². The molecular formula is C21H17F3N2O4S. The summed E-state index contributed by atoms with van der Waals surface area (Å²) in [7, 11) is 1.57. The number of methoxy groups -OCH3 is 1. The number of benzene rings is 2. The Bertz CT molecular complexity index is 1060. The van der Waals surface area contributed by atoms with Gasteiger partial charge in [-0.25, -0.2) is 4.98 Å². The number of thiazole rings is 1. The molecule has 0 fully saturated rings. The fraction of sp³-hybridized carbons (Fsp3) is 0.190. The third-order valence-corrected chi connectivity index (χ3v) is 5.06. The molecule has 0 atom stereocenters. The lowest BCUT2D eigenvalue weighted by molar-refractivity contribution is -0.143. The highest BCUT2D eigenvalue weighted by atomic mass is 32.1. The van der Waals surface area contributed by atoms with Crippen molar-refractivity contribution in [1.82, 2.24) is 10.3 Å². The Kier molecular flexibility index (Phi) is 6.91. The van der Waals surface area contributed by atoms with Crippen molar-refractivity contribution in [2.75, 3.05) is 13.7 Å². The summed E-state index contributed by atoms with van der Waals surface area (Å²) in [4.78, 5) is 28.3. The maximum atomic E-state index is 12.6. The van der Waals surface area contributed by atoms with Crippen molar-refractivity contribution in [3.63, 3.8) is 0 Å². The summed E-state index contributed by atoms with van der Waals surface area (Å²) in [5.74, 6) is -0.680. The SMILES string of the molecule is COc1cccc(-c2nc(COC(=O)CNC(=O)c3ccc(C(F)(F)F)cc3)cs2)c1. The zero-order valence-electron chi connectivity index (χ0n) is 16.2. The summed E-state index contributed by atoms with van der Waals surface area (Å²) in [6.07, 6.45) is -4.49. The predicted octanol–water partition coefficient (Wildman–Crippen LogP) is 4.31. The minimum atomic E-state index is -4.49. The number of alkyl halides is 3. The summed E-state index contributed by atoms with van der Waals surface area (Å²) < 4.78 is 48.0. The van der Waals surface area contributed by atoms with Gasteiger partial charge in [0.1, 0.15) is 23.9 Å². The van der Waals surface area contributed by atoms with E-state index >= 15 is 0 Å². The topological polar surface area (TPSA) is 77.5 Å². The summed E-state index contributed by atoms with van der Waals surface area (Å²) in [6, 6.07) is 11.1. The summed E-state index contributed by atoms with van der Waals surface area (Å²) in [5.41, 5.74) is 0.555. The second kappa shape index (κ2) is 9.61. The monoisotopic (exact) mass is 450 g/mol. The molecule has 1 heterocycles. The highest BCUT2D eigenvalue weighted by Crippen LogP contribution is 2.29. The van der Waals surface area contributed by atoms with Gasteiger partial charge in [-0.2, -0.15) is 13.2 Å². The van der Waals surface area contributed by atoms with Crippen LogP contribution < -0.4 is 10.1 Å². The van der Waals surface area contributed by atoms with Crippen LogP contribution >= 0.6 is 11.3 Å². The highest BCUT2D eigenvalue weighted by molar-refractivity contribution is 7.13. The third-order valence-electron chi connectivity index (χ3n) is 4.12. The molecule has 0 saturated heterocycles. The lowest BCUT2D eigenvalue weighted by Gasteiger charge is -2.08. The van der Waals surface area contributed by atoms with Gasteiger partial charge >= 0.3 is 12.1 Å². The lowest BCUT2D eigenvalue weighted by atomic mass is 10.1. The number of carbonyl (C=O) groups excluding carboxylic acids is 2.